The van der Waals surface area contributed by atoms with Gasteiger partial charge in [-0.05, 0) is 56.2 Å². The van der Waals surface area contributed by atoms with Gasteiger partial charge in [0.25, 0.3) is 0 Å². The zero-order chi connectivity index (χ0) is 18.4. The van der Waals surface area contributed by atoms with E-state index in [0.717, 1.165) is 49.7 Å². The number of benzene rings is 2. The molecule has 0 radical (unpaired) electrons. The van der Waals surface area contributed by atoms with Crippen LogP contribution in [0, 0.1) is 6.92 Å². The van der Waals surface area contributed by atoms with E-state index in [9.17, 15) is 0 Å². The minimum Gasteiger partial charge on any atom is -0.340 e. The van der Waals surface area contributed by atoms with Crippen molar-refractivity contribution in [2.45, 2.75) is 33.4 Å². The highest BCUT2D eigenvalue weighted by Gasteiger charge is 2.14. The van der Waals surface area contributed by atoms with Gasteiger partial charge < -0.3 is 15.2 Å². The van der Waals surface area contributed by atoms with Gasteiger partial charge in [0.1, 0.15) is 0 Å². The topological polar surface area (TPSA) is 29.0 Å². The Morgan fingerprint density at radius 1 is 0.929 bits per heavy atom. The summed E-state index contributed by atoms with van der Waals surface area (Å²) in [5.74, 6) is 0. The first kappa shape index (κ1) is 24.8. The van der Waals surface area contributed by atoms with E-state index in [1.165, 1.54) is 22.2 Å². The maximum Gasteiger partial charge on any atom is 0.0493 e. The molecule has 0 fully saturated rings. The molecule has 2 N–H and O–H groups in total. The predicted octanol–water partition coefficient (Wildman–Crippen LogP) is 5.58. The van der Waals surface area contributed by atoms with Gasteiger partial charge in [0.15, 0.2) is 0 Å². The Kier molecular flexibility index (Phi) is 10.9. The van der Waals surface area contributed by atoms with Crippen molar-refractivity contribution in [1.82, 2.24) is 15.2 Å². The molecule has 0 saturated carbocycles. The predicted molar refractivity (Wildman–Crippen MR) is 127 cm³/mol. The summed E-state index contributed by atoms with van der Waals surface area (Å²) < 4.78 is 2.38. The maximum absolute atomic E-state index is 6.40. The number of nitrogens with zero attached hydrogens (tertiary/aromatic N) is 1. The molecule has 0 saturated heterocycles. The number of hydrogen-bond acceptors (Lipinski definition) is 2. The lowest BCUT2D eigenvalue weighted by atomic mass is 10.1. The molecule has 6 heteroatoms. The second-order valence-electron chi connectivity index (χ2n) is 6.64. The number of halogens is 3. The van der Waals surface area contributed by atoms with Gasteiger partial charge in [0.2, 0.25) is 0 Å². The molecule has 0 aliphatic carbocycles. The summed E-state index contributed by atoms with van der Waals surface area (Å²) in [7, 11) is 0. The molecule has 3 nitrogen and oxygen atoms in total. The van der Waals surface area contributed by atoms with Gasteiger partial charge in [-0.15, -0.1) is 24.8 Å². The standard InChI is InChI=1S/C22H28ClN3.2ClH/c1-3-24-13-8-14-25-15-20-17(2)26(22-12-7-5-10-19(20)22)16-18-9-4-6-11-21(18)23;;/h4-7,9-12,24-25H,3,8,13-16H2,1-2H3;2*1H. The Morgan fingerprint density at radius 3 is 2.36 bits per heavy atom. The van der Waals surface area contributed by atoms with E-state index in [4.69, 9.17) is 11.6 Å². The van der Waals surface area contributed by atoms with Gasteiger partial charge in [-0.25, -0.2) is 0 Å². The van der Waals surface area contributed by atoms with Gasteiger partial charge >= 0.3 is 0 Å². The third kappa shape index (κ3) is 5.88. The molecule has 0 aliphatic rings. The van der Waals surface area contributed by atoms with Crippen molar-refractivity contribution in [3.05, 3.63) is 70.4 Å². The molecule has 0 amide bonds. The van der Waals surface area contributed by atoms with Crippen LogP contribution in [0.4, 0.5) is 0 Å². The van der Waals surface area contributed by atoms with Crippen LogP contribution in [0.5, 0.6) is 0 Å². The molecule has 154 valence electrons. The summed E-state index contributed by atoms with van der Waals surface area (Å²) >= 11 is 6.40. The Bertz CT molecular complexity index is 861. The normalized spacial score (nSPS) is 10.5. The largest absolute Gasteiger partial charge is 0.340 e. The van der Waals surface area contributed by atoms with Crippen LogP contribution in [0.15, 0.2) is 48.5 Å². The molecule has 1 aromatic heterocycles. The van der Waals surface area contributed by atoms with E-state index in [1.807, 2.05) is 12.1 Å². The SMILES string of the molecule is CCNCCCNCc1c(C)n(Cc2ccccc2Cl)c2ccccc12.Cl.Cl. The quantitative estimate of drug-likeness (QED) is 0.423. The maximum atomic E-state index is 6.40. The third-order valence-corrected chi connectivity index (χ3v) is 5.28. The fourth-order valence-corrected chi connectivity index (χ4v) is 3.65. The molecule has 0 unspecified atom stereocenters. The van der Waals surface area contributed by atoms with E-state index >= 15 is 0 Å². The van der Waals surface area contributed by atoms with Crippen molar-refractivity contribution in [2.75, 3.05) is 19.6 Å². The number of para-hydroxylation sites is 1. The van der Waals surface area contributed by atoms with Crippen LogP contribution in [-0.2, 0) is 13.1 Å². The van der Waals surface area contributed by atoms with Crippen LogP contribution < -0.4 is 10.6 Å². The number of fused-ring (bicyclic) bond motifs is 1. The zero-order valence-corrected chi connectivity index (χ0v) is 18.9. The van der Waals surface area contributed by atoms with Gasteiger partial charge in [-0.2, -0.15) is 0 Å². The van der Waals surface area contributed by atoms with E-state index < -0.39 is 0 Å². The number of aromatic nitrogens is 1. The van der Waals surface area contributed by atoms with Crippen LogP contribution >= 0.6 is 36.4 Å². The summed E-state index contributed by atoms with van der Waals surface area (Å²) in [6.45, 7) is 9.18. The third-order valence-electron chi connectivity index (χ3n) is 4.91. The summed E-state index contributed by atoms with van der Waals surface area (Å²) in [6, 6.07) is 16.8. The molecular formula is C22H30Cl3N3. The highest BCUT2D eigenvalue weighted by molar-refractivity contribution is 6.31. The van der Waals surface area contributed by atoms with Crippen molar-refractivity contribution >= 4 is 47.3 Å². The lowest BCUT2D eigenvalue weighted by Gasteiger charge is -2.11. The van der Waals surface area contributed by atoms with Gasteiger partial charge in [0, 0.05) is 34.7 Å². The van der Waals surface area contributed by atoms with E-state index in [0.29, 0.717) is 0 Å². The number of nitrogens with one attached hydrogen (secondary N) is 2. The van der Waals surface area contributed by atoms with Crippen molar-refractivity contribution < 1.29 is 0 Å². The van der Waals surface area contributed by atoms with Crippen molar-refractivity contribution in [2.24, 2.45) is 0 Å². The first-order chi connectivity index (χ1) is 12.7. The molecule has 0 bridgehead atoms. The van der Waals surface area contributed by atoms with Crippen molar-refractivity contribution in [3.8, 4) is 0 Å². The Hall–Kier alpha value is -1.23. The summed E-state index contributed by atoms with van der Waals surface area (Å²) in [5.41, 5.74) is 5.12. The van der Waals surface area contributed by atoms with Gasteiger partial charge in [0.05, 0.1) is 0 Å². The Morgan fingerprint density at radius 2 is 1.61 bits per heavy atom. The lowest BCUT2D eigenvalue weighted by Crippen LogP contribution is -2.21. The van der Waals surface area contributed by atoms with Crippen LogP contribution in [0.3, 0.4) is 0 Å². The molecule has 28 heavy (non-hydrogen) atoms. The van der Waals surface area contributed by atoms with Crippen LogP contribution in [0.1, 0.15) is 30.2 Å². The molecular weight excluding hydrogens is 413 g/mol. The highest BCUT2D eigenvalue weighted by Crippen LogP contribution is 2.28. The van der Waals surface area contributed by atoms with Crippen LogP contribution in [0.25, 0.3) is 10.9 Å². The van der Waals surface area contributed by atoms with Crippen molar-refractivity contribution in [1.29, 1.82) is 0 Å². The average Bonchev–Trinajstić information content (AvgIpc) is 2.92. The second kappa shape index (κ2) is 12.4. The fraction of sp³-hybridized carbons (Fsp3) is 0.364. The van der Waals surface area contributed by atoms with Gasteiger partial charge in [-0.1, -0.05) is 54.9 Å². The second-order valence-corrected chi connectivity index (χ2v) is 7.05. The minimum absolute atomic E-state index is 0. The molecule has 0 spiro atoms. The van der Waals surface area contributed by atoms with Crippen LogP contribution in [0.2, 0.25) is 5.02 Å². The van der Waals surface area contributed by atoms with E-state index in [-0.39, 0.29) is 24.8 Å². The Balaban J connectivity index is 0.00000196. The molecule has 3 rings (SSSR count). The monoisotopic (exact) mass is 441 g/mol. The molecule has 0 aliphatic heterocycles. The molecule has 3 aromatic rings. The average molecular weight is 443 g/mol. The van der Waals surface area contributed by atoms with Crippen LogP contribution in [-0.4, -0.2) is 24.2 Å². The highest BCUT2D eigenvalue weighted by atomic mass is 35.5. The summed E-state index contributed by atoms with van der Waals surface area (Å²) in [4.78, 5) is 0. The molecule has 2 aromatic carbocycles. The number of hydrogen-bond donors (Lipinski definition) is 2. The Labute approximate surface area is 185 Å². The fourth-order valence-electron chi connectivity index (χ4n) is 3.46. The zero-order valence-electron chi connectivity index (χ0n) is 16.5. The summed E-state index contributed by atoms with van der Waals surface area (Å²) in [5, 5.41) is 9.13. The van der Waals surface area contributed by atoms with E-state index in [2.05, 4.69) is 65.4 Å². The first-order valence-corrected chi connectivity index (χ1v) is 9.81. The van der Waals surface area contributed by atoms with Crippen molar-refractivity contribution in [3.63, 3.8) is 0 Å². The lowest BCUT2D eigenvalue weighted by molar-refractivity contribution is 0.605. The van der Waals surface area contributed by atoms with Gasteiger partial charge in [-0.3, -0.25) is 0 Å². The smallest absolute Gasteiger partial charge is 0.0493 e. The summed E-state index contributed by atoms with van der Waals surface area (Å²) in [6.07, 6.45) is 1.14. The van der Waals surface area contributed by atoms with E-state index in [1.54, 1.807) is 0 Å². The number of rotatable bonds is 9. The minimum atomic E-state index is 0. The molecule has 1 heterocycles. The molecule has 0 atom stereocenters. The first-order valence-electron chi connectivity index (χ1n) is 9.44.